The summed E-state index contributed by atoms with van der Waals surface area (Å²) in [5, 5.41) is 3.48. The third kappa shape index (κ3) is 5.41. The average molecular weight is 312 g/mol. The van der Waals surface area contributed by atoms with E-state index in [4.69, 9.17) is 0 Å². The Balaban J connectivity index is 2.58. The van der Waals surface area contributed by atoms with Crippen LogP contribution in [-0.2, 0) is 10.0 Å². The summed E-state index contributed by atoms with van der Waals surface area (Å²) in [6.45, 7) is 5.31. The molecule has 1 aromatic rings. The molecule has 0 aliphatic carbocycles. The minimum absolute atomic E-state index is 0.239. The van der Waals surface area contributed by atoms with Crippen molar-refractivity contribution in [3.05, 3.63) is 29.8 Å². The van der Waals surface area contributed by atoms with Crippen LogP contribution < -0.4 is 5.32 Å². The molecule has 120 valence electrons. The first-order chi connectivity index (χ1) is 9.89. The molecule has 0 bridgehead atoms. The number of unbranched alkanes of at least 4 members (excludes halogenated alkanes) is 3. The minimum atomic E-state index is -3.33. The van der Waals surface area contributed by atoms with E-state index in [1.165, 1.54) is 30.0 Å². The Morgan fingerprint density at radius 1 is 1.10 bits per heavy atom. The van der Waals surface area contributed by atoms with Crippen molar-refractivity contribution in [2.75, 3.05) is 20.6 Å². The van der Waals surface area contributed by atoms with E-state index < -0.39 is 10.0 Å². The zero-order valence-corrected chi connectivity index (χ0v) is 14.4. The summed E-state index contributed by atoms with van der Waals surface area (Å²) in [4.78, 5) is 0.339. The van der Waals surface area contributed by atoms with Crippen molar-refractivity contribution in [3.63, 3.8) is 0 Å². The normalized spacial score (nSPS) is 13.6. The van der Waals surface area contributed by atoms with Crippen LogP contribution in [0.1, 0.15) is 51.1 Å². The van der Waals surface area contributed by atoms with E-state index in [1.54, 1.807) is 26.2 Å². The topological polar surface area (TPSA) is 49.4 Å². The fraction of sp³-hybridized carbons (Fsp3) is 0.625. The molecular formula is C16H28N2O2S. The van der Waals surface area contributed by atoms with Gasteiger partial charge in [-0.15, -0.1) is 0 Å². The van der Waals surface area contributed by atoms with Gasteiger partial charge < -0.3 is 5.32 Å². The van der Waals surface area contributed by atoms with Crippen LogP contribution in [0.4, 0.5) is 0 Å². The molecular weight excluding hydrogens is 284 g/mol. The molecule has 0 amide bonds. The predicted octanol–water partition coefficient (Wildman–Crippen LogP) is 3.17. The summed E-state index contributed by atoms with van der Waals surface area (Å²) in [7, 11) is -0.243. The molecule has 0 aromatic heterocycles. The quantitative estimate of drug-likeness (QED) is 0.713. The SMILES string of the molecule is CCCCCCNC(C)c1ccc(S(=O)(=O)N(C)C)cc1. The number of hydrogen-bond acceptors (Lipinski definition) is 3. The van der Waals surface area contributed by atoms with E-state index in [0.717, 1.165) is 12.1 Å². The lowest BCUT2D eigenvalue weighted by molar-refractivity contribution is 0.520. The number of nitrogens with zero attached hydrogens (tertiary/aromatic N) is 1. The second-order valence-electron chi connectivity index (χ2n) is 5.59. The number of hydrogen-bond donors (Lipinski definition) is 1. The molecule has 0 saturated carbocycles. The van der Waals surface area contributed by atoms with Crippen LogP contribution in [0.15, 0.2) is 29.2 Å². The maximum absolute atomic E-state index is 12.0. The van der Waals surface area contributed by atoms with Gasteiger partial charge in [0.25, 0.3) is 0 Å². The Hall–Kier alpha value is -0.910. The van der Waals surface area contributed by atoms with Crippen LogP contribution in [0.2, 0.25) is 0 Å². The molecule has 5 heteroatoms. The van der Waals surface area contributed by atoms with Crippen LogP contribution in [0, 0.1) is 0 Å². The second kappa shape index (κ2) is 8.51. The Labute approximate surface area is 129 Å². The Bertz CT molecular complexity index is 510. The molecule has 1 aromatic carbocycles. The molecule has 1 N–H and O–H groups in total. The standard InChI is InChI=1S/C16H28N2O2S/c1-5-6-7-8-13-17-14(2)15-9-11-16(12-10-15)21(19,20)18(3)4/h9-12,14,17H,5-8,13H2,1-4H3. The first-order valence-corrected chi connectivity index (χ1v) is 9.09. The third-order valence-corrected chi connectivity index (χ3v) is 5.47. The summed E-state index contributed by atoms with van der Waals surface area (Å²) in [5.41, 5.74) is 1.11. The summed E-state index contributed by atoms with van der Waals surface area (Å²) in [6, 6.07) is 7.38. The lowest BCUT2D eigenvalue weighted by Gasteiger charge is -2.16. The van der Waals surface area contributed by atoms with Gasteiger partial charge in [-0.2, -0.15) is 0 Å². The van der Waals surface area contributed by atoms with Gasteiger partial charge in [0.15, 0.2) is 0 Å². The van der Waals surface area contributed by atoms with E-state index in [9.17, 15) is 8.42 Å². The first kappa shape index (κ1) is 18.1. The Morgan fingerprint density at radius 3 is 2.24 bits per heavy atom. The number of rotatable bonds is 9. The fourth-order valence-corrected chi connectivity index (χ4v) is 3.03. The molecule has 4 nitrogen and oxygen atoms in total. The van der Waals surface area contributed by atoms with Crippen LogP contribution in [0.3, 0.4) is 0 Å². The van der Waals surface area contributed by atoms with Gasteiger partial charge in [-0.3, -0.25) is 0 Å². The molecule has 0 heterocycles. The molecule has 0 aliphatic heterocycles. The number of sulfonamides is 1. The van der Waals surface area contributed by atoms with Gasteiger partial charge in [0.05, 0.1) is 4.90 Å². The molecule has 0 radical (unpaired) electrons. The van der Waals surface area contributed by atoms with E-state index in [-0.39, 0.29) is 6.04 Å². The second-order valence-corrected chi connectivity index (χ2v) is 7.74. The van der Waals surface area contributed by atoms with E-state index in [0.29, 0.717) is 4.90 Å². The van der Waals surface area contributed by atoms with Crippen molar-refractivity contribution < 1.29 is 8.42 Å². The summed E-state index contributed by atoms with van der Waals surface area (Å²) >= 11 is 0. The lowest BCUT2D eigenvalue weighted by atomic mass is 10.1. The Kier molecular flexibility index (Phi) is 7.35. The third-order valence-electron chi connectivity index (χ3n) is 3.64. The highest BCUT2D eigenvalue weighted by Crippen LogP contribution is 2.18. The Morgan fingerprint density at radius 2 is 1.71 bits per heavy atom. The zero-order valence-electron chi connectivity index (χ0n) is 13.6. The van der Waals surface area contributed by atoms with Crippen molar-refractivity contribution in [1.29, 1.82) is 0 Å². The van der Waals surface area contributed by atoms with Crippen molar-refractivity contribution >= 4 is 10.0 Å². The van der Waals surface area contributed by atoms with Crippen molar-refractivity contribution in [2.24, 2.45) is 0 Å². The molecule has 21 heavy (non-hydrogen) atoms. The molecule has 1 atom stereocenters. The summed E-state index contributed by atoms with van der Waals surface area (Å²) in [6.07, 6.45) is 4.98. The van der Waals surface area contributed by atoms with E-state index in [1.807, 2.05) is 12.1 Å². The number of nitrogens with one attached hydrogen (secondary N) is 1. The van der Waals surface area contributed by atoms with Gasteiger partial charge in [0.1, 0.15) is 0 Å². The lowest BCUT2D eigenvalue weighted by Crippen LogP contribution is -2.22. The molecule has 0 saturated heterocycles. The highest BCUT2D eigenvalue weighted by atomic mass is 32.2. The van der Waals surface area contributed by atoms with Crippen LogP contribution in [0.5, 0.6) is 0 Å². The van der Waals surface area contributed by atoms with E-state index in [2.05, 4.69) is 19.2 Å². The molecule has 0 aliphatic rings. The van der Waals surface area contributed by atoms with Crippen LogP contribution >= 0.6 is 0 Å². The molecule has 0 spiro atoms. The minimum Gasteiger partial charge on any atom is -0.310 e. The van der Waals surface area contributed by atoms with E-state index >= 15 is 0 Å². The maximum atomic E-state index is 12.0. The highest BCUT2D eigenvalue weighted by Gasteiger charge is 2.17. The van der Waals surface area contributed by atoms with Gasteiger partial charge in [-0.25, -0.2) is 12.7 Å². The van der Waals surface area contributed by atoms with Gasteiger partial charge in [-0.1, -0.05) is 38.3 Å². The van der Waals surface area contributed by atoms with Crippen molar-refractivity contribution in [3.8, 4) is 0 Å². The summed E-state index contributed by atoms with van der Waals surface area (Å²) in [5.74, 6) is 0. The average Bonchev–Trinajstić information content (AvgIpc) is 2.46. The van der Waals surface area contributed by atoms with Crippen molar-refractivity contribution in [2.45, 2.75) is 50.5 Å². The smallest absolute Gasteiger partial charge is 0.242 e. The monoisotopic (exact) mass is 312 g/mol. The first-order valence-electron chi connectivity index (χ1n) is 7.65. The largest absolute Gasteiger partial charge is 0.310 e. The van der Waals surface area contributed by atoms with Crippen LogP contribution in [-0.4, -0.2) is 33.4 Å². The molecule has 1 rings (SSSR count). The van der Waals surface area contributed by atoms with Gasteiger partial charge >= 0.3 is 0 Å². The van der Waals surface area contributed by atoms with Crippen molar-refractivity contribution in [1.82, 2.24) is 9.62 Å². The van der Waals surface area contributed by atoms with Gasteiger partial charge in [0.2, 0.25) is 10.0 Å². The van der Waals surface area contributed by atoms with Gasteiger partial charge in [0, 0.05) is 20.1 Å². The highest BCUT2D eigenvalue weighted by molar-refractivity contribution is 7.89. The number of benzene rings is 1. The zero-order chi connectivity index (χ0) is 15.9. The van der Waals surface area contributed by atoms with Crippen LogP contribution in [0.25, 0.3) is 0 Å². The predicted molar refractivity (Wildman–Crippen MR) is 87.9 cm³/mol. The molecule has 0 fully saturated rings. The fourth-order valence-electron chi connectivity index (χ4n) is 2.13. The molecule has 1 unspecified atom stereocenters. The summed E-state index contributed by atoms with van der Waals surface area (Å²) < 4.78 is 25.2. The van der Waals surface area contributed by atoms with Gasteiger partial charge in [-0.05, 0) is 37.6 Å². The maximum Gasteiger partial charge on any atom is 0.242 e.